The Morgan fingerprint density at radius 3 is 2.15 bits per heavy atom. The Bertz CT molecular complexity index is 387. The first kappa shape index (κ1) is 17.0. The first-order valence-electron chi connectivity index (χ1n) is 7.77. The second-order valence-corrected chi connectivity index (χ2v) is 6.41. The first-order chi connectivity index (χ1) is 9.43. The van der Waals surface area contributed by atoms with Crippen molar-refractivity contribution in [2.75, 3.05) is 13.2 Å². The number of hydrogen-bond acceptors (Lipinski definition) is 2. The molecule has 0 aliphatic carbocycles. The molecule has 0 spiro atoms. The van der Waals surface area contributed by atoms with Crippen LogP contribution in [0.4, 0.5) is 0 Å². The molecule has 0 aliphatic rings. The number of aliphatic hydroxyl groups excluding tert-OH is 1. The minimum absolute atomic E-state index is 0.0624. The third kappa shape index (κ3) is 5.54. The monoisotopic (exact) mass is 278 g/mol. The Morgan fingerprint density at radius 2 is 1.65 bits per heavy atom. The lowest BCUT2D eigenvalue weighted by Crippen LogP contribution is -2.06. The first-order valence-corrected chi connectivity index (χ1v) is 7.77. The van der Waals surface area contributed by atoms with Crippen molar-refractivity contribution in [1.29, 1.82) is 0 Å². The van der Waals surface area contributed by atoms with Gasteiger partial charge in [0.25, 0.3) is 0 Å². The summed E-state index contributed by atoms with van der Waals surface area (Å²) >= 11 is 0. The van der Waals surface area contributed by atoms with Gasteiger partial charge in [0.15, 0.2) is 0 Å². The molecule has 0 aliphatic heterocycles. The molecule has 0 aromatic heterocycles. The van der Waals surface area contributed by atoms with Crippen molar-refractivity contribution in [1.82, 2.24) is 0 Å². The van der Waals surface area contributed by atoms with Gasteiger partial charge in [-0.25, -0.2) is 0 Å². The average molecular weight is 278 g/mol. The fourth-order valence-corrected chi connectivity index (χ4v) is 2.66. The van der Waals surface area contributed by atoms with E-state index in [9.17, 15) is 0 Å². The number of hydrogen-bond donors (Lipinski definition) is 1. The molecule has 0 amide bonds. The van der Waals surface area contributed by atoms with Crippen molar-refractivity contribution >= 4 is 0 Å². The molecule has 1 atom stereocenters. The summed E-state index contributed by atoms with van der Waals surface area (Å²) in [5.41, 5.74) is 3.74. The van der Waals surface area contributed by atoms with Gasteiger partial charge in [-0.3, -0.25) is 0 Å². The highest BCUT2D eigenvalue weighted by atomic mass is 16.5. The third-order valence-electron chi connectivity index (χ3n) is 3.68. The maximum absolute atomic E-state index is 8.86. The van der Waals surface area contributed by atoms with Crippen molar-refractivity contribution < 1.29 is 9.84 Å². The number of aryl methyl sites for hydroxylation is 2. The molecule has 1 rings (SSSR count). The highest BCUT2D eigenvalue weighted by Crippen LogP contribution is 2.27. The summed E-state index contributed by atoms with van der Waals surface area (Å²) in [7, 11) is 0. The zero-order valence-electron chi connectivity index (χ0n) is 13.7. The van der Waals surface area contributed by atoms with Crippen LogP contribution in [-0.4, -0.2) is 18.3 Å². The van der Waals surface area contributed by atoms with Crippen LogP contribution in [0, 0.1) is 25.7 Å². The molecule has 2 nitrogen and oxygen atoms in total. The Labute approximate surface area is 124 Å². The fourth-order valence-electron chi connectivity index (χ4n) is 2.66. The van der Waals surface area contributed by atoms with E-state index in [0.29, 0.717) is 6.61 Å². The smallest absolute Gasteiger partial charge is 0.125 e. The summed E-state index contributed by atoms with van der Waals surface area (Å²) in [5, 5.41) is 8.86. The number of aliphatic hydroxyl groups is 1. The van der Waals surface area contributed by atoms with E-state index < -0.39 is 0 Å². The Hall–Kier alpha value is -1.02. The molecule has 2 heteroatoms. The standard InChI is InChI=1S/C18H30O2/c1-13(2)6-7-14(3)10-17-11-15(4)18(16(5)12-17)20-9-8-19/h11-14,19H,6-10H2,1-5H3. The van der Waals surface area contributed by atoms with Gasteiger partial charge in [-0.05, 0) is 48.8 Å². The van der Waals surface area contributed by atoms with E-state index >= 15 is 0 Å². The van der Waals surface area contributed by atoms with Gasteiger partial charge in [0, 0.05) is 0 Å². The van der Waals surface area contributed by atoms with E-state index in [-0.39, 0.29) is 6.61 Å². The summed E-state index contributed by atoms with van der Waals surface area (Å²) in [4.78, 5) is 0. The summed E-state index contributed by atoms with van der Waals surface area (Å²) < 4.78 is 5.61. The molecule has 114 valence electrons. The Balaban J connectivity index is 2.68. The lowest BCUT2D eigenvalue weighted by molar-refractivity contribution is 0.200. The maximum Gasteiger partial charge on any atom is 0.125 e. The molecular formula is C18H30O2. The lowest BCUT2D eigenvalue weighted by atomic mass is 9.92. The van der Waals surface area contributed by atoms with Crippen molar-refractivity contribution in [3.63, 3.8) is 0 Å². The van der Waals surface area contributed by atoms with Crippen LogP contribution in [0.3, 0.4) is 0 Å². The van der Waals surface area contributed by atoms with Crippen LogP contribution in [0.15, 0.2) is 12.1 Å². The van der Waals surface area contributed by atoms with Crippen LogP contribution < -0.4 is 4.74 Å². The maximum atomic E-state index is 8.86. The third-order valence-corrected chi connectivity index (χ3v) is 3.68. The van der Waals surface area contributed by atoms with E-state index in [4.69, 9.17) is 9.84 Å². The number of ether oxygens (including phenoxy) is 1. The molecule has 1 unspecified atom stereocenters. The molecule has 20 heavy (non-hydrogen) atoms. The number of benzene rings is 1. The summed E-state index contributed by atoms with van der Waals surface area (Å²) in [6.45, 7) is 11.5. The van der Waals surface area contributed by atoms with E-state index in [1.165, 1.54) is 29.5 Å². The summed E-state index contributed by atoms with van der Waals surface area (Å²) in [6, 6.07) is 4.46. The Morgan fingerprint density at radius 1 is 1.05 bits per heavy atom. The second-order valence-electron chi connectivity index (χ2n) is 6.41. The van der Waals surface area contributed by atoms with Crippen molar-refractivity contribution in [2.24, 2.45) is 11.8 Å². The quantitative estimate of drug-likeness (QED) is 0.768. The Kier molecular flexibility index (Phi) is 7.08. The zero-order valence-corrected chi connectivity index (χ0v) is 13.7. The van der Waals surface area contributed by atoms with Crippen molar-refractivity contribution in [3.8, 4) is 5.75 Å². The van der Waals surface area contributed by atoms with Crippen LogP contribution >= 0.6 is 0 Å². The van der Waals surface area contributed by atoms with Crippen LogP contribution in [0.2, 0.25) is 0 Å². The predicted molar refractivity (Wildman–Crippen MR) is 85.4 cm³/mol. The van der Waals surface area contributed by atoms with Gasteiger partial charge in [0.2, 0.25) is 0 Å². The van der Waals surface area contributed by atoms with E-state index in [0.717, 1.165) is 24.0 Å². The summed E-state index contributed by atoms with van der Waals surface area (Å²) in [5.74, 6) is 2.44. The largest absolute Gasteiger partial charge is 0.491 e. The highest BCUT2D eigenvalue weighted by molar-refractivity contribution is 5.43. The van der Waals surface area contributed by atoms with Gasteiger partial charge in [0.05, 0.1) is 6.61 Å². The minimum atomic E-state index is 0.0624. The molecule has 0 bridgehead atoms. The molecule has 0 radical (unpaired) electrons. The second kappa shape index (κ2) is 8.31. The van der Waals surface area contributed by atoms with Gasteiger partial charge >= 0.3 is 0 Å². The fraction of sp³-hybridized carbons (Fsp3) is 0.667. The molecular weight excluding hydrogens is 248 g/mol. The molecule has 0 saturated heterocycles. The van der Waals surface area contributed by atoms with Crippen LogP contribution in [0.5, 0.6) is 5.75 Å². The zero-order chi connectivity index (χ0) is 15.1. The molecule has 0 heterocycles. The molecule has 1 aromatic rings. The predicted octanol–water partition coefficient (Wildman–Crippen LogP) is 4.29. The van der Waals surface area contributed by atoms with Gasteiger partial charge < -0.3 is 9.84 Å². The van der Waals surface area contributed by atoms with Gasteiger partial charge in [-0.15, -0.1) is 0 Å². The average Bonchev–Trinajstić information content (AvgIpc) is 2.35. The topological polar surface area (TPSA) is 29.5 Å². The molecule has 1 N–H and O–H groups in total. The van der Waals surface area contributed by atoms with E-state index in [1.807, 2.05) is 0 Å². The minimum Gasteiger partial charge on any atom is -0.491 e. The normalized spacial score (nSPS) is 12.8. The summed E-state index contributed by atoms with van der Waals surface area (Å²) in [6.07, 6.45) is 3.73. The molecule has 0 saturated carbocycles. The van der Waals surface area contributed by atoms with Crippen molar-refractivity contribution in [3.05, 3.63) is 28.8 Å². The molecule has 0 fully saturated rings. The van der Waals surface area contributed by atoms with Crippen LogP contribution in [0.25, 0.3) is 0 Å². The van der Waals surface area contributed by atoms with Crippen molar-refractivity contribution in [2.45, 2.75) is 53.9 Å². The van der Waals surface area contributed by atoms with Gasteiger partial charge in [0.1, 0.15) is 12.4 Å². The van der Waals surface area contributed by atoms with Gasteiger partial charge in [-0.1, -0.05) is 45.7 Å². The van der Waals surface area contributed by atoms with Crippen LogP contribution in [-0.2, 0) is 6.42 Å². The number of rotatable bonds is 8. The SMILES string of the molecule is Cc1cc(CC(C)CCC(C)C)cc(C)c1OCCO. The lowest BCUT2D eigenvalue weighted by Gasteiger charge is -2.16. The van der Waals surface area contributed by atoms with Gasteiger partial charge in [-0.2, -0.15) is 0 Å². The highest BCUT2D eigenvalue weighted by Gasteiger charge is 2.10. The van der Waals surface area contributed by atoms with E-state index in [1.54, 1.807) is 0 Å². The molecule has 1 aromatic carbocycles. The van der Waals surface area contributed by atoms with Crippen LogP contribution in [0.1, 0.15) is 50.3 Å². The van der Waals surface area contributed by atoms with E-state index in [2.05, 4.69) is 46.8 Å².